The first kappa shape index (κ1) is 15.4. The molecule has 2 rings (SSSR count). The zero-order chi connectivity index (χ0) is 12.3. The molecule has 0 saturated heterocycles. The van der Waals surface area contributed by atoms with E-state index in [2.05, 4.69) is 69.6 Å². The van der Waals surface area contributed by atoms with Gasteiger partial charge in [0.05, 0.1) is 5.52 Å². The molecule has 18 heavy (non-hydrogen) atoms. The molecule has 2 aromatic rings. The Morgan fingerprint density at radius 3 is 2.78 bits per heavy atom. The third-order valence-electron chi connectivity index (χ3n) is 2.78. The number of nitrogens with zero attached hydrogens (tertiary/aromatic N) is 3. The van der Waals surface area contributed by atoms with E-state index in [0.717, 1.165) is 23.3 Å². The van der Waals surface area contributed by atoms with Gasteiger partial charge in [0.25, 0.3) is 0 Å². The topological polar surface area (TPSA) is 29.0 Å². The van der Waals surface area contributed by atoms with Crippen LogP contribution in [0, 0.1) is 3.57 Å². The van der Waals surface area contributed by atoms with Crippen molar-refractivity contribution in [2.45, 2.75) is 19.8 Å². The van der Waals surface area contributed by atoms with Gasteiger partial charge in [-0.2, -0.15) is 0 Å². The van der Waals surface area contributed by atoms with Crippen LogP contribution in [-0.2, 0) is 0 Å². The predicted octanol–water partition coefficient (Wildman–Crippen LogP) is 3.89. The molecule has 0 spiro atoms. The maximum absolute atomic E-state index is 4.41. The van der Waals surface area contributed by atoms with E-state index < -0.39 is 0 Å². The smallest absolute Gasteiger partial charge is 0.139 e. The van der Waals surface area contributed by atoms with E-state index in [9.17, 15) is 0 Å². The largest absolute Gasteiger partial charge is 0.359 e. The van der Waals surface area contributed by atoms with Gasteiger partial charge in [0, 0.05) is 22.5 Å². The summed E-state index contributed by atoms with van der Waals surface area (Å²) in [7, 11) is 2.09. The van der Waals surface area contributed by atoms with Crippen molar-refractivity contribution in [1.82, 2.24) is 9.97 Å². The van der Waals surface area contributed by atoms with Crippen LogP contribution in [0.5, 0.6) is 0 Å². The van der Waals surface area contributed by atoms with Crippen LogP contribution in [-0.4, -0.2) is 23.6 Å². The van der Waals surface area contributed by atoms with Crippen molar-refractivity contribution in [1.29, 1.82) is 0 Å². The first-order valence-electron chi connectivity index (χ1n) is 5.83. The number of fused-ring (bicyclic) bond motifs is 1. The molecule has 0 aliphatic heterocycles. The number of hydrogen-bond acceptors (Lipinski definition) is 3. The highest BCUT2D eigenvalue weighted by atomic mass is 127. The summed E-state index contributed by atoms with van der Waals surface area (Å²) in [6.45, 7) is 3.24. The molecule has 1 aromatic heterocycles. The van der Waals surface area contributed by atoms with Gasteiger partial charge < -0.3 is 4.90 Å². The van der Waals surface area contributed by atoms with Crippen LogP contribution < -0.4 is 4.90 Å². The van der Waals surface area contributed by atoms with Crippen LogP contribution in [0.4, 0.5) is 5.82 Å². The molecular weight excluding hydrogens is 361 g/mol. The van der Waals surface area contributed by atoms with Gasteiger partial charge in [-0.3, -0.25) is 0 Å². The molecule has 0 amide bonds. The fraction of sp³-hybridized carbons (Fsp3) is 0.385. The molecule has 0 radical (unpaired) electrons. The van der Waals surface area contributed by atoms with E-state index in [1.807, 2.05) is 0 Å². The number of benzene rings is 1. The molecule has 0 saturated carbocycles. The van der Waals surface area contributed by atoms with Crippen LogP contribution in [0.3, 0.4) is 0 Å². The first-order valence-corrected chi connectivity index (χ1v) is 6.91. The van der Waals surface area contributed by atoms with Crippen molar-refractivity contribution in [3.05, 3.63) is 28.1 Å². The van der Waals surface area contributed by atoms with Crippen LogP contribution in [0.1, 0.15) is 19.8 Å². The normalized spacial score (nSPS) is 10.2. The molecular formula is C13H17ClIN3. The minimum atomic E-state index is 0. The van der Waals surface area contributed by atoms with Crippen molar-refractivity contribution in [3.63, 3.8) is 0 Å². The Labute approximate surface area is 128 Å². The summed E-state index contributed by atoms with van der Waals surface area (Å²) in [4.78, 5) is 10.9. The summed E-state index contributed by atoms with van der Waals surface area (Å²) >= 11 is 2.32. The highest BCUT2D eigenvalue weighted by Crippen LogP contribution is 2.23. The molecule has 0 aliphatic rings. The summed E-state index contributed by atoms with van der Waals surface area (Å²) in [5.74, 6) is 1.03. The van der Waals surface area contributed by atoms with Gasteiger partial charge in [-0.1, -0.05) is 13.3 Å². The van der Waals surface area contributed by atoms with Gasteiger partial charge in [0.2, 0.25) is 0 Å². The highest BCUT2D eigenvalue weighted by molar-refractivity contribution is 14.1. The lowest BCUT2D eigenvalue weighted by molar-refractivity contribution is 0.761. The average molecular weight is 378 g/mol. The lowest BCUT2D eigenvalue weighted by Crippen LogP contribution is -2.20. The van der Waals surface area contributed by atoms with E-state index in [1.54, 1.807) is 6.33 Å². The van der Waals surface area contributed by atoms with E-state index >= 15 is 0 Å². The van der Waals surface area contributed by atoms with Crippen LogP contribution in [0.15, 0.2) is 24.5 Å². The second-order valence-corrected chi connectivity index (χ2v) is 5.38. The minimum absolute atomic E-state index is 0. The van der Waals surface area contributed by atoms with Crippen molar-refractivity contribution >= 4 is 51.7 Å². The Kier molecular flexibility index (Phi) is 6.08. The summed E-state index contributed by atoms with van der Waals surface area (Å²) in [5, 5.41) is 1.14. The van der Waals surface area contributed by atoms with Crippen molar-refractivity contribution in [3.8, 4) is 0 Å². The SMILES string of the molecule is CCCCN(C)c1ncnc2ccc(I)cc12.Cl. The van der Waals surface area contributed by atoms with E-state index in [0.29, 0.717) is 0 Å². The summed E-state index contributed by atoms with van der Waals surface area (Å²) in [6, 6.07) is 6.27. The molecule has 0 unspecified atom stereocenters. The molecule has 0 aliphatic carbocycles. The van der Waals surface area contributed by atoms with Crippen molar-refractivity contribution in [2.75, 3.05) is 18.5 Å². The molecule has 0 atom stereocenters. The maximum Gasteiger partial charge on any atom is 0.139 e. The number of halogens is 2. The van der Waals surface area contributed by atoms with Gasteiger partial charge >= 0.3 is 0 Å². The number of hydrogen-bond donors (Lipinski definition) is 0. The lowest BCUT2D eigenvalue weighted by Gasteiger charge is -2.19. The zero-order valence-electron chi connectivity index (χ0n) is 10.6. The fourth-order valence-electron chi connectivity index (χ4n) is 1.82. The van der Waals surface area contributed by atoms with Crippen LogP contribution in [0.25, 0.3) is 10.9 Å². The van der Waals surface area contributed by atoms with E-state index in [1.165, 1.54) is 16.4 Å². The number of anilines is 1. The van der Waals surface area contributed by atoms with E-state index in [-0.39, 0.29) is 12.4 Å². The van der Waals surface area contributed by atoms with Crippen LogP contribution in [0.2, 0.25) is 0 Å². The van der Waals surface area contributed by atoms with Gasteiger partial charge in [-0.15, -0.1) is 12.4 Å². The zero-order valence-corrected chi connectivity index (χ0v) is 13.5. The summed E-state index contributed by atoms with van der Waals surface area (Å²) in [5.41, 5.74) is 1.01. The third-order valence-corrected chi connectivity index (χ3v) is 3.46. The Morgan fingerprint density at radius 1 is 1.28 bits per heavy atom. The van der Waals surface area contributed by atoms with Crippen LogP contribution >= 0.6 is 35.0 Å². The number of unbranched alkanes of at least 4 members (excludes halogenated alkanes) is 1. The fourth-order valence-corrected chi connectivity index (χ4v) is 2.31. The van der Waals surface area contributed by atoms with Gasteiger partial charge in [-0.25, -0.2) is 9.97 Å². The molecule has 0 N–H and O–H groups in total. The number of aromatic nitrogens is 2. The Hall–Kier alpha value is -0.620. The molecule has 3 nitrogen and oxygen atoms in total. The third kappa shape index (κ3) is 3.45. The molecule has 0 fully saturated rings. The monoisotopic (exact) mass is 377 g/mol. The average Bonchev–Trinajstić information content (AvgIpc) is 2.35. The summed E-state index contributed by atoms with van der Waals surface area (Å²) < 4.78 is 1.22. The molecule has 98 valence electrons. The van der Waals surface area contributed by atoms with Crippen molar-refractivity contribution in [2.24, 2.45) is 0 Å². The Balaban J connectivity index is 0.00000162. The predicted molar refractivity (Wildman–Crippen MR) is 87.7 cm³/mol. The Bertz CT molecular complexity index is 519. The molecule has 0 bridgehead atoms. The van der Waals surface area contributed by atoms with Gasteiger partial charge in [0.15, 0.2) is 0 Å². The quantitative estimate of drug-likeness (QED) is 0.757. The summed E-state index contributed by atoms with van der Waals surface area (Å²) in [6.07, 6.45) is 4.03. The second kappa shape index (κ2) is 7.09. The minimum Gasteiger partial charge on any atom is -0.359 e. The highest BCUT2D eigenvalue weighted by Gasteiger charge is 2.08. The second-order valence-electron chi connectivity index (χ2n) is 4.13. The molecule has 5 heteroatoms. The number of rotatable bonds is 4. The van der Waals surface area contributed by atoms with Gasteiger partial charge in [0.1, 0.15) is 12.1 Å². The maximum atomic E-state index is 4.41. The van der Waals surface area contributed by atoms with E-state index in [4.69, 9.17) is 0 Å². The first-order chi connectivity index (χ1) is 8.22. The molecule has 1 aromatic carbocycles. The Morgan fingerprint density at radius 2 is 2.06 bits per heavy atom. The molecule has 1 heterocycles. The van der Waals surface area contributed by atoms with Gasteiger partial charge in [-0.05, 0) is 47.2 Å². The van der Waals surface area contributed by atoms with Crippen molar-refractivity contribution < 1.29 is 0 Å². The standard InChI is InChI=1S/C13H16IN3.ClH/c1-3-4-7-17(2)13-11-8-10(14)5-6-12(11)15-9-16-13;/h5-6,8-9H,3-4,7H2,1-2H3;1H. The lowest BCUT2D eigenvalue weighted by atomic mass is 10.2.